The first kappa shape index (κ1) is 30.1. The molecule has 5 aromatic rings. The van der Waals surface area contributed by atoms with E-state index in [1.807, 2.05) is 0 Å². The third-order valence-electron chi connectivity index (χ3n) is 7.32. The highest BCUT2D eigenvalue weighted by atomic mass is 35.5. The molecule has 0 aliphatic heterocycles. The molecule has 0 saturated carbocycles. The van der Waals surface area contributed by atoms with Crippen molar-refractivity contribution in [2.24, 2.45) is 7.05 Å². The molecule has 2 heterocycles. The Kier molecular flexibility index (Phi) is 7.93. The van der Waals surface area contributed by atoms with E-state index in [0.29, 0.717) is 33.1 Å². The highest BCUT2D eigenvalue weighted by Gasteiger charge is 2.31. The lowest BCUT2D eigenvalue weighted by Gasteiger charge is -2.19. The highest BCUT2D eigenvalue weighted by molar-refractivity contribution is 6.39. The molecular weight excluding hydrogens is 606 g/mol. The van der Waals surface area contributed by atoms with E-state index >= 15 is 0 Å². The Balaban J connectivity index is 1.61. The quantitative estimate of drug-likeness (QED) is 0.215. The number of nitrogens with zero attached hydrogens (tertiary/aromatic N) is 2. The molecule has 12 heteroatoms. The van der Waals surface area contributed by atoms with Crippen LogP contribution in [0.1, 0.15) is 27.0 Å². The fourth-order valence-corrected chi connectivity index (χ4v) is 5.74. The van der Waals surface area contributed by atoms with Gasteiger partial charge in [-0.1, -0.05) is 47.5 Å². The lowest BCUT2D eigenvalue weighted by Crippen LogP contribution is -2.42. The molecule has 0 fully saturated rings. The van der Waals surface area contributed by atoms with Crippen molar-refractivity contribution in [2.75, 3.05) is 0 Å². The Hall–Kier alpha value is -4.41. The van der Waals surface area contributed by atoms with Gasteiger partial charge in [-0.15, -0.1) is 0 Å². The van der Waals surface area contributed by atoms with E-state index in [1.54, 1.807) is 37.3 Å². The van der Waals surface area contributed by atoms with Crippen LogP contribution in [0.5, 0.6) is 0 Å². The first-order valence-corrected chi connectivity index (χ1v) is 13.6. The molecule has 5 rings (SSSR count). The number of pyridine rings is 2. The van der Waals surface area contributed by atoms with Gasteiger partial charge in [0.05, 0.1) is 37.8 Å². The van der Waals surface area contributed by atoms with Crippen molar-refractivity contribution < 1.29 is 27.9 Å². The summed E-state index contributed by atoms with van der Waals surface area (Å²) in [5.41, 5.74) is 0.801. The zero-order chi connectivity index (χ0) is 31.2. The number of rotatable bonds is 6. The molecule has 2 N–H and O–H groups in total. The number of aliphatic carboxylic acids is 1. The number of carboxylic acids is 1. The Morgan fingerprint density at radius 2 is 1.72 bits per heavy atom. The van der Waals surface area contributed by atoms with E-state index in [9.17, 15) is 32.7 Å². The van der Waals surface area contributed by atoms with E-state index < -0.39 is 35.2 Å². The lowest BCUT2D eigenvalue weighted by atomic mass is 9.92. The van der Waals surface area contributed by atoms with E-state index in [0.717, 1.165) is 12.1 Å². The number of alkyl halides is 3. The van der Waals surface area contributed by atoms with Gasteiger partial charge < -0.3 is 15.0 Å². The van der Waals surface area contributed by atoms with E-state index in [2.05, 4.69) is 10.3 Å². The maximum absolute atomic E-state index is 13.6. The Labute approximate surface area is 252 Å². The van der Waals surface area contributed by atoms with Crippen LogP contribution in [0.3, 0.4) is 0 Å². The predicted molar refractivity (Wildman–Crippen MR) is 159 cm³/mol. The van der Waals surface area contributed by atoms with Gasteiger partial charge in [0.2, 0.25) is 0 Å². The number of hydrogen-bond acceptors (Lipinski definition) is 4. The smallest absolute Gasteiger partial charge is 0.416 e. The second kappa shape index (κ2) is 11.3. The third kappa shape index (κ3) is 5.55. The summed E-state index contributed by atoms with van der Waals surface area (Å²) in [4.78, 5) is 43.1. The van der Waals surface area contributed by atoms with Gasteiger partial charge in [-0.25, -0.2) is 4.79 Å². The SMILES string of the molecule is Cc1c(-c2ccc(C[C@H](NC(=O)c3c(Cl)cccc3Cl)C(=O)O)c3ncccc23)c(=O)n(C)c2ccc(C(F)(F)F)cc12. The van der Waals surface area contributed by atoms with Crippen molar-refractivity contribution in [1.29, 1.82) is 0 Å². The predicted octanol–water partition coefficient (Wildman–Crippen LogP) is 6.81. The summed E-state index contributed by atoms with van der Waals surface area (Å²) in [5.74, 6) is -2.09. The second-order valence-electron chi connectivity index (χ2n) is 9.93. The van der Waals surface area contributed by atoms with Crippen LogP contribution in [0.25, 0.3) is 32.9 Å². The van der Waals surface area contributed by atoms with Crippen LogP contribution < -0.4 is 10.9 Å². The molecular formula is C31H22Cl2F3N3O4. The van der Waals surface area contributed by atoms with Gasteiger partial charge in [0.1, 0.15) is 6.04 Å². The molecule has 1 amide bonds. The molecule has 220 valence electrons. The normalized spacial score (nSPS) is 12.4. The zero-order valence-corrected chi connectivity index (χ0v) is 24.1. The molecule has 0 radical (unpaired) electrons. The fourth-order valence-electron chi connectivity index (χ4n) is 5.17. The van der Waals surface area contributed by atoms with Gasteiger partial charge in [0, 0.05) is 30.4 Å². The fraction of sp³-hybridized carbons (Fsp3) is 0.161. The van der Waals surface area contributed by atoms with Gasteiger partial charge in [-0.05, 0) is 60.0 Å². The second-order valence-corrected chi connectivity index (χ2v) is 10.7. The average molecular weight is 628 g/mol. The molecule has 0 spiro atoms. The summed E-state index contributed by atoms with van der Waals surface area (Å²) >= 11 is 12.2. The van der Waals surface area contributed by atoms with Gasteiger partial charge in [0.15, 0.2) is 0 Å². The zero-order valence-electron chi connectivity index (χ0n) is 22.6. The van der Waals surface area contributed by atoms with Gasteiger partial charge in [-0.3, -0.25) is 14.6 Å². The number of aryl methyl sites for hydroxylation is 2. The van der Waals surface area contributed by atoms with Crippen molar-refractivity contribution in [3.8, 4) is 11.1 Å². The number of aromatic nitrogens is 2. The van der Waals surface area contributed by atoms with E-state index in [1.165, 1.54) is 36.0 Å². The average Bonchev–Trinajstić information content (AvgIpc) is 2.95. The van der Waals surface area contributed by atoms with Crippen molar-refractivity contribution in [3.63, 3.8) is 0 Å². The minimum atomic E-state index is -4.57. The number of benzene rings is 3. The first-order valence-electron chi connectivity index (χ1n) is 12.8. The molecule has 0 bridgehead atoms. The molecule has 3 aromatic carbocycles. The van der Waals surface area contributed by atoms with Crippen LogP contribution in [0.4, 0.5) is 13.2 Å². The van der Waals surface area contributed by atoms with Crippen molar-refractivity contribution in [1.82, 2.24) is 14.9 Å². The van der Waals surface area contributed by atoms with Gasteiger partial charge in [-0.2, -0.15) is 13.2 Å². The van der Waals surface area contributed by atoms with Crippen LogP contribution in [0.15, 0.2) is 71.7 Å². The summed E-state index contributed by atoms with van der Waals surface area (Å²) in [6, 6.07) is 12.8. The third-order valence-corrected chi connectivity index (χ3v) is 7.95. The molecule has 43 heavy (non-hydrogen) atoms. The number of fused-ring (bicyclic) bond motifs is 2. The summed E-state index contributed by atoms with van der Waals surface area (Å²) < 4.78 is 41.9. The number of hydrogen-bond donors (Lipinski definition) is 2. The number of carbonyl (C=O) groups excluding carboxylic acids is 1. The van der Waals surface area contributed by atoms with Crippen molar-refractivity contribution in [3.05, 3.63) is 110 Å². The molecule has 0 saturated heterocycles. The number of nitrogens with one attached hydrogen (secondary N) is 1. The summed E-state index contributed by atoms with van der Waals surface area (Å²) in [6.07, 6.45) is -3.25. The van der Waals surface area contributed by atoms with Crippen LogP contribution in [0, 0.1) is 6.92 Å². The Morgan fingerprint density at radius 3 is 2.37 bits per heavy atom. The van der Waals surface area contributed by atoms with Crippen LogP contribution in [-0.2, 0) is 24.4 Å². The first-order chi connectivity index (χ1) is 20.3. The molecule has 0 aliphatic rings. The number of amides is 1. The summed E-state index contributed by atoms with van der Waals surface area (Å²) in [6.45, 7) is 1.59. The van der Waals surface area contributed by atoms with Crippen LogP contribution in [-0.4, -0.2) is 32.6 Å². The number of halogens is 5. The molecule has 0 unspecified atom stereocenters. The standard InChI is InChI=1S/C31H22Cl2F3N3O4/c1-15-20-14-17(31(34,35)36)9-11-24(20)39(2)29(41)25(15)18-10-8-16(27-19(18)5-4-12-37-27)13-23(30(42)43)38-28(40)26-21(32)6-3-7-22(26)33/h3-12,14,23H,13H2,1-2H3,(H,38,40)(H,42,43)/t23-/m0/s1. The molecule has 2 aromatic heterocycles. The van der Waals surface area contributed by atoms with Gasteiger partial charge in [0.25, 0.3) is 11.5 Å². The van der Waals surface area contributed by atoms with E-state index in [-0.39, 0.29) is 33.0 Å². The van der Waals surface area contributed by atoms with Crippen molar-refractivity contribution in [2.45, 2.75) is 25.6 Å². The maximum atomic E-state index is 13.6. The van der Waals surface area contributed by atoms with E-state index in [4.69, 9.17) is 23.2 Å². The maximum Gasteiger partial charge on any atom is 0.416 e. The number of carboxylic acid groups (broad SMARTS) is 1. The van der Waals surface area contributed by atoms with Crippen LogP contribution >= 0.6 is 23.2 Å². The lowest BCUT2D eigenvalue weighted by molar-refractivity contribution is -0.139. The topological polar surface area (TPSA) is 101 Å². The number of carbonyl (C=O) groups is 2. The van der Waals surface area contributed by atoms with Crippen LogP contribution in [0.2, 0.25) is 10.0 Å². The monoisotopic (exact) mass is 627 g/mol. The Bertz CT molecular complexity index is 1990. The summed E-state index contributed by atoms with van der Waals surface area (Å²) in [5, 5.41) is 13.2. The van der Waals surface area contributed by atoms with Crippen molar-refractivity contribution >= 4 is 56.9 Å². The Morgan fingerprint density at radius 1 is 1.02 bits per heavy atom. The molecule has 0 aliphatic carbocycles. The van der Waals surface area contributed by atoms with Gasteiger partial charge >= 0.3 is 12.1 Å². The molecule has 1 atom stereocenters. The summed E-state index contributed by atoms with van der Waals surface area (Å²) in [7, 11) is 1.49. The highest BCUT2D eigenvalue weighted by Crippen LogP contribution is 2.36. The minimum Gasteiger partial charge on any atom is -0.480 e. The minimum absolute atomic E-state index is 0.0558. The largest absolute Gasteiger partial charge is 0.480 e. The molecule has 7 nitrogen and oxygen atoms in total.